The fourth-order valence-electron chi connectivity index (χ4n) is 4.35. The van der Waals surface area contributed by atoms with Crippen molar-refractivity contribution >= 4 is 28.7 Å². The lowest BCUT2D eigenvalue weighted by atomic mass is 10.1. The third-order valence-electron chi connectivity index (χ3n) is 5.96. The number of methoxy groups -OCH3 is 1. The predicted molar refractivity (Wildman–Crippen MR) is 128 cm³/mol. The molecule has 160 valence electrons. The zero-order valence-corrected chi connectivity index (χ0v) is 18.0. The van der Waals surface area contributed by atoms with Crippen LogP contribution in [0.5, 0.6) is 5.75 Å². The van der Waals surface area contributed by atoms with Gasteiger partial charge < -0.3 is 14.2 Å². The second kappa shape index (κ2) is 8.71. The van der Waals surface area contributed by atoms with Gasteiger partial charge in [-0.2, -0.15) is 0 Å². The van der Waals surface area contributed by atoms with Crippen LogP contribution in [0.15, 0.2) is 84.9 Å². The van der Waals surface area contributed by atoms with Crippen LogP contribution in [0.1, 0.15) is 23.7 Å². The Morgan fingerprint density at radius 3 is 2.53 bits per heavy atom. The van der Waals surface area contributed by atoms with Crippen LogP contribution in [0.4, 0.5) is 5.69 Å². The first kappa shape index (κ1) is 20.1. The first-order valence-electron chi connectivity index (χ1n) is 10.8. The van der Waals surface area contributed by atoms with Gasteiger partial charge in [0.25, 0.3) is 0 Å². The number of nitrogens with zero attached hydrogens (tertiary/aromatic N) is 3. The van der Waals surface area contributed by atoms with E-state index in [2.05, 4.69) is 34.9 Å². The number of anilines is 1. The summed E-state index contributed by atoms with van der Waals surface area (Å²) < 4.78 is 7.49. The van der Waals surface area contributed by atoms with Crippen molar-refractivity contribution in [1.29, 1.82) is 0 Å². The molecule has 0 aliphatic carbocycles. The van der Waals surface area contributed by atoms with E-state index >= 15 is 0 Å². The summed E-state index contributed by atoms with van der Waals surface area (Å²) in [5.74, 6) is 1.91. The van der Waals surface area contributed by atoms with Crippen LogP contribution in [0.25, 0.3) is 17.1 Å². The lowest BCUT2D eigenvalue weighted by Crippen LogP contribution is -2.24. The van der Waals surface area contributed by atoms with E-state index in [-0.39, 0.29) is 11.8 Å². The minimum absolute atomic E-state index is 0.0436. The van der Waals surface area contributed by atoms with Crippen molar-refractivity contribution < 1.29 is 9.53 Å². The van der Waals surface area contributed by atoms with Crippen LogP contribution in [0.2, 0.25) is 0 Å². The molecular formula is C27H25N3O2. The van der Waals surface area contributed by atoms with Gasteiger partial charge in [-0.3, -0.25) is 4.79 Å². The molecule has 32 heavy (non-hydrogen) atoms. The normalized spacial score (nSPS) is 16.3. The average Bonchev–Trinajstić information content (AvgIpc) is 3.40. The van der Waals surface area contributed by atoms with Gasteiger partial charge >= 0.3 is 0 Å². The Bertz CT molecular complexity index is 1260. The van der Waals surface area contributed by atoms with E-state index in [9.17, 15) is 4.79 Å². The summed E-state index contributed by atoms with van der Waals surface area (Å²) in [5, 5.41) is 0. The van der Waals surface area contributed by atoms with Crippen LogP contribution < -0.4 is 9.64 Å². The van der Waals surface area contributed by atoms with E-state index in [4.69, 9.17) is 9.72 Å². The van der Waals surface area contributed by atoms with E-state index in [0.717, 1.165) is 28.3 Å². The molecule has 2 heterocycles. The molecule has 1 saturated heterocycles. The van der Waals surface area contributed by atoms with Crippen molar-refractivity contribution in [3.8, 4) is 5.75 Å². The van der Waals surface area contributed by atoms with Gasteiger partial charge in [0.2, 0.25) is 5.91 Å². The number of benzene rings is 3. The molecule has 0 radical (unpaired) electrons. The molecule has 0 saturated carbocycles. The number of carbonyl (C=O) groups excluding carboxylic acids is 1. The Morgan fingerprint density at radius 2 is 1.75 bits per heavy atom. The number of aromatic nitrogens is 2. The maximum absolute atomic E-state index is 12.9. The maximum atomic E-state index is 12.9. The molecule has 1 aromatic heterocycles. The van der Waals surface area contributed by atoms with Crippen LogP contribution in [0.3, 0.4) is 0 Å². The molecular weight excluding hydrogens is 398 g/mol. The fourth-order valence-corrected chi connectivity index (χ4v) is 4.35. The van der Waals surface area contributed by atoms with E-state index in [1.807, 2.05) is 65.6 Å². The number of imidazole rings is 1. The highest BCUT2D eigenvalue weighted by molar-refractivity contribution is 5.96. The third-order valence-corrected chi connectivity index (χ3v) is 5.96. The highest BCUT2D eigenvalue weighted by atomic mass is 16.5. The molecule has 5 nitrogen and oxygen atoms in total. The first-order chi connectivity index (χ1) is 15.7. The quantitative estimate of drug-likeness (QED) is 0.424. The number of fused-ring (bicyclic) bond motifs is 1. The molecule has 1 atom stereocenters. The van der Waals surface area contributed by atoms with Gasteiger partial charge in [-0.05, 0) is 42.0 Å². The number of rotatable bonds is 6. The summed E-state index contributed by atoms with van der Waals surface area (Å²) in [4.78, 5) is 19.7. The molecule has 4 aromatic rings. The summed E-state index contributed by atoms with van der Waals surface area (Å²) in [6.07, 6.45) is 4.74. The Morgan fingerprint density at radius 1 is 1.00 bits per heavy atom. The van der Waals surface area contributed by atoms with Crippen LogP contribution in [-0.4, -0.2) is 29.1 Å². The SMILES string of the molecule is COc1ccc(N2CC(c3nc4ccccc4n3CC=Cc3ccccc3)CC2=O)cc1. The molecule has 1 aliphatic rings. The van der Waals surface area contributed by atoms with Gasteiger partial charge in [-0.25, -0.2) is 4.98 Å². The number of ether oxygens (including phenoxy) is 1. The Labute approximate surface area is 187 Å². The van der Waals surface area contributed by atoms with Gasteiger partial charge in [0.1, 0.15) is 11.6 Å². The van der Waals surface area contributed by atoms with Gasteiger partial charge in [-0.1, -0.05) is 54.6 Å². The predicted octanol–water partition coefficient (Wildman–Crippen LogP) is 5.28. The van der Waals surface area contributed by atoms with Crippen LogP contribution in [-0.2, 0) is 11.3 Å². The van der Waals surface area contributed by atoms with Gasteiger partial charge in [-0.15, -0.1) is 0 Å². The van der Waals surface area contributed by atoms with Crippen molar-refractivity contribution in [2.24, 2.45) is 0 Å². The summed E-state index contributed by atoms with van der Waals surface area (Å²) in [6.45, 7) is 1.33. The van der Waals surface area contributed by atoms with Crippen LogP contribution in [0, 0.1) is 0 Å². The van der Waals surface area contributed by atoms with Gasteiger partial charge in [0.05, 0.1) is 18.1 Å². The van der Waals surface area contributed by atoms with Gasteiger partial charge in [0.15, 0.2) is 0 Å². The Balaban J connectivity index is 1.44. The first-order valence-corrected chi connectivity index (χ1v) is 10.8. The average molecular weight is 424 g/mol. The lowest BCUT2D eigenvalue weighted by Gasteiger charge is -2.17. The smallest absolute Gasteiger partial charge is 0.227 e. The van der Waals surface area contributed by atoms with E-state index in [1.54, 1.807) is 7.11 Å². The number of carbonyl (C=O) groups is 1. The number of hydrogen-bond acceptors (Lipinski definition) is 3. The largest absolute Gasteiger partial charge is 0.497 e. The summed E-state index contributed by atoms with van der Waals surface area (Å²) >= 11 is 0. The second-order valence-electron chi connectivity index (χ2n) is 7.99. The molecule has 0 bridgehead atoms. The molecule has 0 spiro atoms. The zero-order chi connectivity index (χ0) is 21.9. The molecule has 0 N–H and O–H groups in total. The van der Waals surface area contributed by atoms with Crippen molar-refractivity contribution in [1.82, 2.24) is 9.55 Å². The molecule has 1 amide bonds. The fraction of sp³-hybridized carbons (Fsp3) is 0.185. The number of para-hydroxylation sites is 2. The number of allylic oxidation sites excluding steroid dienone is 1. The second-order valence-corrected chi connectivity index (χ2v) is 7.99. The molecule has 3 aromatic carbocycles. The molecule has 1 aliphatic heterocycles. The van der Waals surface area contributed by atoms with Crippen LogP contribution >= 0.6 is 0 Å². The van der Waals surface area contributed by atoms with E-state index in [1.165, 1.54) is 5.56 Å². The van der Waals surface area contributed by atoms with Gasteiger partial charge in [0, 0.05) is 31.1 Å². The Hall–Kier alpha value is -3.86. The molecule has 1 unspecified atom stereocenters. The Kier molecular flexibility index (Phi) is 5.46. The molecule has 1 fully saturated rings. The highest BCUT2D eigenvalue weighted by Gasteiger charge is 2.34. The standard InChI is InChI=1S/C27H25N3O2/c1-32-23-15-13-22(14-16-23)30-19-21(18-26(30)31)27-28-24-11-5-6-12-25(24)29(27)17-7-10-20-8-3-2-4-9-20/h2-16,21H,17-19H2,1H3. The van der Waals surface area contributed by atoms with Crippen molar-refractivity contribution in [2.75, 3.05) is 18.6 Å². The zero-order valence-electron chi connectivity index (χ0n) is 18.0. The third kappa shape index (κ3) is 3.89. The van der Waals surface area contributed by atoms with E-state index in [0.29, 0.717) is 19.5 Å². The van der Waals surface area contributed by atoms with Crippen molar-refractivity contribution in [2.45, 2.75) is 18.9 Å². The lowest BCUT2D eigenvalue weighted by molar-refractivity contribution is -0.117. The number of amides is 1. The summed E-state index contributed by atoms with van der Waals surface area (Å²) in [6, 6.07) is 26.1. The highest BCUT2D eigenvalue weighted by Crippen LogP contribution is 2.33. The topological polar surface area (TPSA) is 47.4 Å². The van der Waals surface area contributed by atoms with Crippen molar-refractivity contribution in [3.63, 3.8) is 0 Å². The molecule has 5 heteroatoms. The van der Waals surface area contributed by atoms with E-state index < -0.39 is 0 Å². The van der Waals surface area contributed by atoms with Crippen molar-refractivity contribution in [3.05, 3.63) is 96.3 Å². The molecule has 5 rings (SSSR count). The summed E-state index contributed by atoms with van der Waals surface area (Å²) in [7, 11) is 1.64. The maximum Gasteiger partial charge on any atom is 0.227 e. The summed E-state index contributed by atoms with van der Waals surface area (Å²) in [5.41, 5.74) is 4.12. The monoisotopic (exact) mass is 423 g/mol. The number of hydrogen-bond donors (Lipinski definition) is 0. The minimum atomic E-state index is 0.0436. The minimum Gasteiger partial charge on any atom is -0.497 e.